The van der Waals surface area contributed by atoms with E-state index in [4.69, 9.17) is 5.11 Å². The van der Waals surface area contributed by atoms with Gasteiger partial charge in [-0.3, -0.25) is 0 Å². The topological polar surface area (TPSA) is 20.2 Å². The molecule has 2 heteroatoms. The van der Waals surface area contributed by atoms with Gasteiger partial charge in [0, 0.05) is 0 Å². The number of hydrogen-bond acceptors (Lipinski definition) is 1. The Morgan fingerprint density at radius 2 is 2.11 bits per heavy atom. The molecular weight excluding hydrogens is 119 g/mol. The molecule has 0 spiro atoms. The van der Waals surface area contributed by atoms with E-state index >= 15 is 0 Å². The minimum Gasteiger partial charge on any atom is -0.390 e. The molecule has 0 aromatic rings. The fourth-order valence-corrected chi connectivity index (χ4v) is 0.694. The number of aliphatic hydroxyl groups is 1. The van der Waals surface area contributed by atoms with E-state index in [1.165, 1.54) is 0 Å². The van der Waals surface area contributed by atoms with Crippen LogP contribution in [0.3, 0.4) is 0 Å². The summed E-state index contributed by atoms with van der Waals surface area (Å²) in [7, 11) is 0. The molecule has 1 nitrogen and oxygen atoms in total. The summed E-state index contributed by atoms with van der Waals surface area (Å²) in [4.78, 5) is 0. The van der Waals surface area contributed by atoms with Gasteiger partial charge in [0.1, 0.15) is 6.67 Å². The quantitative estimate of drug-likeness (QED) is 0.621. The van der Waals surface area contributed by atoms with Crippen LogP contribution in [0.25, 0.3) is 0 Å². The molecule has 0 aromatic heterocycles. The molecule has 0 aromatic carbocycles. The molecule has 0 bridgehead atoms. The molecule has 0 aliphatic heterocycles. The van der Waals surface area contributed by atoms with Crippen molar-refractivity contribution in [1.82, 2.24) is 0 Å². The Kier molecular flexibility index (Phi) is 4.68. The lowest BCUT2D eigenvalue weighted by molar-refractivity contribution is 0.114. The molecule has 0 aliphatic rings. The van der Waals surface area contributed by atoms with Gasteiger partial charge in [0.25, 0.3) is 0 Å². The van der Waals surface area contributed by atoms with Gasteiger partial charge >= 0.3 is 0 Å². The molecule has 1 N–H and O–H groups in total. The van der Waals surface area contributed by atoms with Gasteiger partial charge in [-0.2, -0.15) is 0 Å². The molecule has 0 heterocycles. The monoisotopic (exact) mass is 134 g/mol. The van der Waals surface area contributed by atoms with E-state index in [-0.39, 0.29) is 0 Å². The van der Waals surface area contributed by atoms with Crippen molar-refractivity contribution in [1.29, 1.82) is 0 Å². The van der Waals surface area contributed by atoms with E-state index in [2.05, 4.69) is 0 Å². The van der Waals surface area contributed by atoms with Crippen LogP contribution in [0.15, 0.2) is 0 Å². The second kappa shape index (κ2) is 4.74. The predicted octanol–water partition coefficient (Wildman–Crippen LogP) is 1.75. The Morgan fingerprint density at radius 1 is 1.56 bits per heavy atom. The van der Waals surface area contributed by atoms with Crippen molar-refractivity contribution < 1.29 is 9.50 Å². The zero-order valence-corrected chi connectivity index (χ0v) is 6.10. The van der Waals surface area contributed by atoms with Gasteiger partial charge in [-0.25, -0.2) is 4.39 Å². The molecule has 0 aliphatic carbocycles. The molecule has 0 saturated heterocycles. The van der Waals surface area contributed by atoms with Crippen molar-refractivity contribution in [2.24, 2.45) is 5.92 Å². The molecule has 2 unspecified atom stereocenters. The van der Waals surface area contributed by atoms with Gasteiger partial charge in [0.2, 0.25) is 0 Å². The van der Waals surface area contributed by atoms with E-state index in [9.17, 15) is 4.39 Å². The zero-order chi connectivity index (χ0) is 7.28. The fourth-order valence-electron chi connectivity index (χ4n) is 0.694. The van der Waals surface area contributed by atoms with E-state index in [0.717, 1.165) is 6.42 Å². The number of hydrogen-bond donors (Lipinski definition) is 1. The lowest BCUT2D eigenvalue weighted by Crippen LogP contribution is -2.12. The Bertz CT molecular complexity index is 57.9. The van der Waals surface area contributed by atoms with Gasteiger partial charge in [-0.05, 0) is 12.3 Å². The molecule has 2 atom stereocenters. The van der Waals surface area contributed by atoms with Crippen LogP contribution in [0.1, 0.15) is 26.7 Å². The molecule has 0 saturated carbocycles. The highest BCUT2D eigenvalue weighted by molar-refractivity contribution is 4.57. The van der Waals surface area contributed by atoms with Crippen LogP contribution in [0, 0.1) is 5.92 Å². The van der Waals surface area contributed by atoms with Gasteiger partial charge in [0.05, 0.1) is 6.10 Å². The molecular formula is C7H15FO. The predicted molar refractivity (Wildman–Crippen MR) is 36.1 cm³/mol. The van der Waals surface area contributed by atoms with Gasteiger partial charge < -0.3 is 5.11 Å². The molecule has 56 valence electrons. The smallest absolute Gasteiger partial charge is 0.115 e. The van der Waals surface area contributed by atoms with Crippen LogP contribution in [0.5, 0.6) is 0 Å². The second-order valence-corrected chi connectivity index (χ2v) is 2.56. The summed E-state index contributed by atoms with van der Waals surface area (Å²) in [5.41, 5.74) is 0. The molecule has 0 fully saturated rings. The van der Waals surface area contributed by atoms with Crippen molar-refractivity contribution in [3.05, 3.63) is 0 Å². The summed E-state index contributed by atoms with van der Waals surface area (Å²) in [6, 6.07) is 0. The number of alkyl halides is 1. The summed E-state index contributed by atoms with van der Waals surface area (Å²) >= 11 is 0. The van der Waals surface area contributed by atoms with Crippen LogP contribution < -0.4 is 0 Å². The molecule has 9 heavy (non-hydrogen) atoms. The molecule has 0 rings (SSSR count). The molecule has 0 amide bonds. The van der Waals surface area contributed by atoms with E-state index in [1.807, 2.05) is 13.8 Å². The van der Waals surface area contributed by atoms with Crippen molar-refractivity contribution >= 4 is 0 Å². The van der Waals surface area contributed by atoms with E-state index in [1.54, 1.807) is 0 Å². The first-order chi connectivity index (χ1) is 4.20. The number of halogens is 1. The van der Waals surface area contributed by atoms with Crippen LogP contribution >= 0.6 is 0 Å². The highest BCUT2D eigenvalue weighted by Gasteiger charge is 2.06. The number of aliphatic hydroxyl groups excluding tert-OH is 1. The first-order valence-corrected chi connectivity index (χ1v) is 3.44. The minimum atomic E-state index is -0.736. The maximum atomic E-state index is 11.6. The average Bonchev–Trinajstić information content (AvgIpc) is 1.87. The SMILES string of the molecule is CCC(C)CC(O)CF. The molecule has 0 radical (unpaired) electrons. The van der Waals surface area contributed by atoms with Gasteiger partial charge in [-0.15, -0.1) is 0 Å². The Balaban J connectivity index is 3.22. The summed E-state index contributed by atoms with van der Waals surface area (Å²) in [6.45, 7) is 3.44. The third-order valence-corrected chi connectivity index (χ3v) is 1.55. The average molecular weight is 134 g/mol. The van der Waals surface area contributed by atoms with Crippen LogP contribution in [-0.4, -0.2) is 17.9 Å². The Morgan fingerprint density at radius 3 is 2.44 bits per heavy atom. The lowest BCUT2D eigenvalue weighted by Gasteiger charge is -2.10. The summed E-state index contributed by atoms with van der Waals surface area (Å²) in [5, 5.41) is 8.78. The fraction of sp³-hybridized carbons (Fsp3) is 1.00. The third kappa shape index (κ3) is 4.40. The zero-order valence-electron chi connectivity index (χ0n) is 6.10. The maximum Gasteiger partial charge on any atom is 0.115 e. The lowest BCUT2D eigenvalue weighted by atomic mass is 10.0. The second-order valence-electron chi connectivity index (χ2n) is 2.56. The summed E-state index contributed by atoms with van der Waals surface area (Å²) in [6.07, 6.45) is 0.865. The van der Waals surface area contributed by atoms with Gasteiger partial charge in [0.15, 0.2) is 0 Å². The first kappa shape index (κ1) is 8.89. The summed E-state index contributed by atoms with van der Waals surface area (Å²) in [5.74, 6) is 0.441. The van der Waals surface area contributed by atoms with Crippen molar-refractivity contribution in [2.45, 2.75) is 32.8 Å². The summed E-state index contributed by atoms with van der Waals surface area (Å²) < 4.78 is 11.6. The first-order valence-electron chi connectivity index (χ1n) is 3.44. The van der Waals surface area contributed by atoms with E-state index in [0.29, 0.717) is 12.3 Å². The van der Waals surface area contributed by atoms with Crippen LogP contribution in [0.4, 0.5) is 4.39 Å². The van der Waals surface area contributed by atoms with E-state index < -0.39 is 12.8 Å². The normalized spacial score (nSPS) is 17.3. The number of rotatable bonds is 4. The third-order valence-electron chi connectivity index (χ3n) is 1.55. The standard InChI is InChI=1S/C7H15FO/c1-3-6(2)4-7(9)5-8/h6-7,9H,3-5H2,1-2H3. The highest BCUT2D eigenvalue weighted by atomic mass is 19.1. The largest absolute Gasteiger partial charge is 0.390 e. The van der Waals surface area contributed by atoms with Crippen molar-refractivity contribution in [2.75, 3.05) is 6.67 Å². The van der Waals surface area contributed by atoms with Crippen LogP contribution in [-0.2, 0) is 0 Å². The van der Waals surface area contributed by atoms with Gasteiger partial charge in [-0.1, -0.05) is 20.3 Å². The Labute approximate surface area is 55.9 Å². The maximum absolute atomic E-state index is 11.6. The van der Waals surface area contributed by atoms with Crippen molar-refractivity contribution in [3.63, 3.8) is 0 Å². The highest BCUT2D eigenvalue weighted by Crippen LogP contribution is 2.09. The van der Waals surface area contributed by atoms with Crippen molar-refractivity contribution in [3.8, 4) is 0 Å². The minimum absolute atomic E-state index is 0.441. The van der Waals surface area contributed by atoms with Crippen LogP contribution in [0.2, 0.25) is 0 Å². The Hall–Kier alpha value is -0.110.